The van der Waals surface area contributed by atoms with Crippen molar-refractivity contribution in [2.75, 3.05) is 13.1 Å². The summed E-state index contributed by atoms with van der Waals surface area (Å²) >= 11 is 2.23. The maximum atomic E-state index is 12.1. The van der Waals surface area contributed by atoms with Gasteiger partial charge in [0.2, 0.25) is 0 Å². The third-order valence-electron chi connectivity index (χ3n) is 3.98. The summed E-state index contributed by atoms with van der Waals surface area (Å²) in [5, 5.41) is 13.6. The molecule has 146 valence electrons. The van der Waals surface area contributed by atoms with Gasteiger partial charge < -0.3 is 15.2 Å². The molecule has 0 aliphatic carbocycles. The molecule has 0 saturated carbocycles. The molecule has 3 aromatic rings. The fraction of sp³-hybridized carbons (Fsp3) is 0.278. The summed E-state index contributed by atoms with van der Waals surface area (Å²) in [5.41, 5.74) is 2.49. The molecule has 1 aromatic carbocycles. The minimum atomic E-state index is -0.490. The third-order valence-corrected chi connectivity index (χ3v) is 5.54. The standard InChI is InChI=1S/C18H19IN6O3/c1-11-15(19)12(2)25(23-11)10-14-22-18(28-24-14)17(27)21-9-8-20-16(26)13-6-4-3-5-7-13/h3-7H,8-10H2,1-2H3,(H,20,26)(H,21,27). The van der Waals surface area contributed by atoms with Crippen LogP contribution in [0.4, 0.5) is 0 Å². The molecule has 2 N–H and O–H groups in total. The number of nitrogens with zero attached hydrogens (tertiary/aromatic N) is 4. The Kier molecular flexibility index (Phi) is 6.39. The Balaban J connectivity index is 1.47. The highest BCUT2D eigenvalue weighted by molar-refractivity contribution is 14.1. The number of aryl methyl sites for hydroxylation is 1. The minimum absolute atomic E-state index is 0.124. The first-order valence-electron chi connectivity index (χ1n) is 8.59. The van der Waals surface area contributed by atoms with E-state index in [1.165, 1.54) is 0 Å². The average molecular weight is 494 g/mol. The number of benzene rings is 1. The molecule has 0 aliphatic heterocycles. The van der Waals surface area contributed by atoms with Gasteiger partial charge in [-0.2, -0.15) is 10.1 Å². The number of aromatic nitrogens is 4. The highest BCUT2D eigenvalue weighted by Gasteiger charge is 2.17. The molecule has 0 saturated heterocycles. The molecule has 0 spiro atoms. The van der Waals surface area contributed by atoms with Crippen LogP contribution in [0.1, 0.15) is 38.3 Å². The van der Waals surface area contributed by atoms with Gasteiger partial charge in [0.1, 0.15) is 6.54 Å². The van der Waals surface area contributed by atoms with E-state index in [1.807, 2.05) is 19.9 Å². The van der Waals surface area contributed by atoms with Crippen molar-refractivity contribution in [3.63, 3.8) is 0 Å². The van der Waals surface area contributed by atoms with Crippen molar-refractivity contribution in [1.29, 1.82) is 0 Å². The normalized spacial score (nSPS) is 10.7. The molecule has 0 radical (unpaired) electrons. The SMILES string of the molecule is Cc1nn(Cc2noc(C(=O)NCCNC(=O)c3ccccc3)n2)c(C)c1I. The monoisotopic (exact) mass is 494 g/mol. The lowest BCUT2D eigenvalue weighted by molar-refractivity contribution is 0.0898. The van der Waals surface area contributed by atoms with Crippen LogP contribution in [-0.2, 0) is 6.54 Å². The quantitative estimate of drug-likeness (QED) is 0.382. The molecule has 2 amide bonds. The van der Waals surface area contributed by atoms with Crippen LogP contribution in [0.2, 0.25) is 0 Å². The first kappa shape index (κ1) is 20.0. The Morgan fingerprint density at radius 2 is 1.79 bits per heavy atom. The fourth-order valence-corrected chi connectivity index (χ4v) is 2.88. The van der Waals surface area contributed by atoms with Crippen molar-refractivity contribution in [2.24, 2.45) is 0 Å². The number of hydrogen-bond acceptors (Lipinski definition) is 6. The Bertz CT molecular complexity index is 983. The van der Waals surface area contributed by atoms with Gasteiger partial charge in [-0.05, 0) is 48.6 Å². The number of carbonyl (C=O) groups is 2. The summed E-state index contributed by atoms with van der Waals surface area (Å²) in [6, 6.07) is 8.86. The molecule has 2 aromatic heterocycles. The lowest BCUT2D eigenvalue weighted by Gasteiger charge is -2.05. The van der Waals surface area contributed by atoms with Crippen LogP contribution in [0.3, 0.4) is 0 Å². The summed E-state index contributed by atoms with van der Waals surface area (Å²) in [5.74, 6) is -0.449. The minimum Gasteiger partial charge on any atom is -0.350 e. The maximum absolute atomic E-state index is 12.1. The van der Waals surface area contributed by atoms with Crippen molar-refractivity contribution in [3.05, 3.63) is 62.6 Å². The lowest BCUT2D eigenvalue weighted by Crippen LogP contribution is -2.34. The van der Waals surface area contributed by atoms with Crippen LogP contribution in [-0.4, -0.2) is 44.8 Å². The Labute approximate surface area is 175 Å². The van der Waals surface area contributed by atoms with Crippen molar-refractivity contribution >= 4 is 34.4 Å². The number of nitrogens with one attached hydrogen (secondary N) is 2. The van der Waals surface area contributed by atoms with E-state index in [0.717, 1.165) is 15.0 Å². The molecule has 28 heavy (non-hydrogen) atoms. The highest BCUT2D eigenvalue weighted by Crippen LogP contribution is 2.15. The van der Waals surface area contributed by atoms with Crippen molar-refractivity contribution in [2.45, 2.75) is 20.4 Å². The Morgan fingerprint density at radius 1 is 1.11 bits per heavy atom. The van der Waals surface area contributed by atoms with Gasteiger partial charge in [-0.25, -0.2) is 0 Å². The van der Waals surface area contributed by atoms with E-state index in [1.54, 1.807) is 28.9 Å². The van der Waals surface area contributed by atoms with Crippen molar-refractivity contribution in [3.8, 4) is 0 Å². The van der Waals surface area contributed by atoms with E-state index in [2.05, 4.69) is 48.5 Å². The second-order valence-corrected chi connectivity index (χ2v) is 7.11. The molecule has 0 atom stereocenters. The van der Waals surface area contributed by atoms with E-state index in [0.29, 0.717) is 17.9 Å². The van der Waals surface area contributed by atoms with Crippen LogP contribution < -0.4 is 10.6 Å². The van der Waals surface area contributed by atoms with Crippen molar-refractivity contribution in [1.82, 2.24) is 30.6 Å². The van der Waals surface area contributed by atoms with E-state index >= 15 is 0 Å². The van der Waals surface area contributed by atoms with E-state index in [-0.39, 0.29) is 24.9 Å². The summed E-state index contributed by atoms with van der Waals surface area (Å²) in [6.45, 7) is 4.73. The topological polar surface area (TPSA) is 115 Å². The fourth-order valence-electron chi connectivity index (χ4n) is 2.49. The summed E-state index contributed by atoms with van der Waals surface area (Å²) in [4.78, 5) is 28.1. The van der Waals surface area contributed by atoms with Crippen molar-refractivity contribution < 1.29 is 14.1 Å². The van der Waals surface area contributed by atoms with Gasteiger partial charge in [-0.1, -0.05) is 23.4 Å². The molecule has 3 rings (SSSR count). The summed E-state index contributed by atoms with van der Waals surface area (Å²) in [6.07, 6.45) is 0. The number of hydrogen-bond donors (Lipinski definition) is 2. The van der Waals surface area contributed by atoms with Crippen LogP contribution in [0, 0.1) is 17.4 Å². The predicted molar refractivity (Wildman–Crippen MR) is 109 cm³/mol. The summed E-state index contributed by atoms with van der Waals surface area (Å²) in [7, 11) is 0. The molecule has 0 aliphatic rings. The first-order chi connectivity index (χ1) is 13.5. The highest BCUT2D eigenvalue weighted by atomic mass is 127. The van der Waals surface area contributed by atoms with Gasteiger partial charge >= 0.3 is 11.8 Å². The largest absolute Gasteiger partial charge is 0.350 e. The average Bonchev–Trinajstić information content (AvgIpc) is 3.26. The molecule has 0 bridgehead atoms. The molecule has 9 nitrogen and oxygen atoms in total. The van der Waals surface area contributed by atoms with Gasteiger partial charge in [0.15, 0.2) is 5.82 Å². The van der Waals surface area contributed by atoms with E-state index in [4.69, 9.17) is 4.52 Å². The predicted octanol–water partition coefficient (Wildman–Crippen LogP) is 1.70. The van der Waals surface area contributed by atoms with E-state index in [9.17, 15) is 9.59 Å². The van der Waals surface area contributed by atoms with E-state index < -0.39 is 5.91 Å². The zero-order valence-corrected chi connectivity index (χ0v) is 17.6. The van der Waals surface area contributed by atoms with Gasteiger partial charge in [-0.15, -0.1) is 0 Å². The lowest BCUT2D eigenvalue weighted by atomic mass is 10.2. The molecule has 2 heterocycles. The molecule has 0 unspecified atom stereocenters. The van der Waals surface area contributed by atoms with Gasteiger partial charge in [-0.3, -0.25) is 14.3 Å². The summed E-state index contributed by atoms with van der Waals surface area (Å²) < 4.78 is 7.87. The molecule has 0 fully saturated rings. The van der Waals surface area contributed by atoms with Crippen LogP contribution in [0.25, 0.3) is 0 Å². The second-order valence-electron chi connectivity index (χ2n) is 6.04. The zero-order valence-electron chi connectivity index (χ0n) is 15.4. The Morgan fingerprint density at radius 3 is 2.43 bits per heavy atom. The third kappa shape index (κ3) is 4.74. The Hall–Kier alpha value is -2.76. The van der Waals surface area contributed by atoms with Crippen LogP contribution >= 0.6 is 22.6 Å². The number of rotatable bonds is 7. The molecule has 10 heteroatoms. The number of amides is 2. The van der Waals surface area contributed by atoms with Crippen LogP contribution in [0.5, 0.6) is 0 Å². The maximum Gasteiger partial charge on any atom is 0.316 e. The molecular weight excluding hydrogens is 475 g/mol. The smallest absolute Gasteiger partial charge is 0.316 e. The van der Waals surface area contributed by atoms with Gasteiger partial charge in [0.05, 0.1) is 9.26 Å². The van der Waals surface area contributed by atoms with Gasteiger partial charge in [0, 0.05) is 24.3 Å². The van der Waals surface area contributed by atoms with Crippen LogP contribution in [0.15, 0.2) is 34.9 Å². The molecular formula is C18H19IN6O3. The van der Waals surface area contributed by atoms with Gasteiger partial charge in [0.25, 0.3) is 5.91 Å². The first-order valence-corrected chi connectivity index (χ1v) is 9.67. The number of carbonyl (C=O) groups excluding carboxylic acids is 2. The second kappa shape index (κ2) is 8.95. The zero-order chi connectivity index (χ0) is 20.1. The number of halogens is 1.